The van der Waals surface area contributed by atoms with Crippen LogP contribution in [0.5, 0.6) is 0 Å². The summed E-state index contributed by atoms with van der Waals surface area (Å²) >= 11 is 0. The van der Waals surface area contributed by atoms with Crippen LogP contribution >= 0.6 is 0 Å². The maximum atomic E-state index is 14.7. The molecule has 53 heavy (non-hydrogen) atoms. The van der Waals surface area contributed by atoms with Crippen molar-refractivity contribution in [1.82, 2.24) is 40.8 Å². The van der Waals surface area contributed by atoms with Crippen molar-refractivity contribution in [2.45, 2.75) is 108 Å². The molecule has 2 fully saturated rings. The van der Waals surface area contributed by atoms with E-state index in [9.17, 15) is 33.9 Å². The lowest BCUT2D eigenvalue weighted by Crippen LogP contribution is -2.56. The topological polar surface area (TPSA) is 255 Å². The number of para-hydroxylation sites is 1. The van der Waals surface area contributed by atoms with E-state index in [1.807, 2.05) is 24.3 Å². The third kappa shape index (κ3) is 9.77. The number of aliphatic hydroxyl groups is 1. The van der Waals surface area contributed by atoms with Gasteiger partial charge in [-0.05, 0) is 57.6 Å². The molecule has 17 nitrogen and oxygen atoms in total. The van der Waals surface area contributed by atoms with Gasteiger partial charge in [0.05, 0.1) is 24.0 Å². The summed E-state index contributed by atoms with van der Waals surface area (Å²) < 4.78 is 1.48. The van der Waals surface area contributed by atoms with Gasteiger partial charge in [-0.1, -0.05) is 55.5 Å². The summed E-state index contributed by atoms with van der Waals surface area (Å²) in [6.07, 6.45) is 6.07. The molecule has 3 heterocycles. The number of carbonyl (C=O) groups is 6. The van der Waals surface area contributed by atoms with Crippen molar-refractivity contribution in [3.63, 3.8) is 0 Å². The Balaban J connectivity index is 1.43. The second-order valence-corrected chi connectivity index (χ2v) is 14.6. The van der Waals surface area contributed by atoms with Gasteiger partial charge in [0.25, 0.3) is 11.8 Å². The molecule has 8 N–H and O–H groups in total. The molecule has 1 aliphatic carbocycles. The van der Waals surface area contributed by atoms with Crippen molar-refractivity contribution in [3.05, 3.63) is 47.9 Å². The highest BCUT2D eigenvalue weighted by atomic mass is 16.4. The standard InChI is InChI=1S/C36H49N9O8/c1-36(2,53)29-19-39-43-45(29)23-18-28(33(49)41-25(30(46)31(37)47)14-8-9-15-38-35(51)52)44(20-23)34(50)27(16-21-10-4-3-5-11-21)42-32(48)26-17-22-12-6-7-13-24(22)40-26/h6-7,12-13,17,19,21,23,25,27-28,38,40,53H,3-5,8-11,14-16,18,20H2,1-2H3,(H2,37,47)(H,41,49)(H,42,48)(H,51,52)/t23-,25?,27?,28-/m0/s1. The number of carboxylic acid groups (broad SMARTS) is 1. The van der Waals surface area contributed by atoms with Gasteiger partial charge in [-0.3, -0.25) is 24.0 Å². The molecule has 0 radical (unpaired) electrons. The van der Waals surface area contributed by atoms with Crippen LogP contribution in [0.4, 0.5) is 4.79 Å². The van der Waals surface area contributed by atoms with Gasteiger partial charge in [0.1, 0.15) is 23.4 Å². The number of amides is 5. The van der Waals surface area contributed by atoms with Crippen LogP contribution in [0, 0.1) is 5.92 Å². The highest BCUT2D eigenvalue weighted by molar-refractivity contribution is 6.37. The van der Waals surface area contributed by atoms with Gasteiger partial charge >= 0.3 is 6.09 Å². The molecule has 3 aromatic rings. The zero-order valence-corrected chi connectivity index (χ0v) is 30.0. The molecule has 286 valence electrons. The lowest BCUT2D eigenvalue weighted by atomic mass is 9.84. The van der Waals surface area contributed by atoms with Crippen molar-refractivity contribution in [2.24, 2.45) is 11.7 Å². The molecule has 1 saturated carbocycles. The summed E-state index contributed by atoms with van der Waals surface area (Å²) in [4.78, 5) is 82.7. The van der Waals surface area contributed by atoms with Crippen LogP contribution < -0.4 is 21.7 Å². The molecule has 2 aromatic heterocycles. The van der Waals surface area contributed by atoms with E-state index in [0.29, 0.717) is 18.5 Å². The molecule has 0 spiro atoms. The second-order valence-electron chi connectivity index (χ2n) is 14.6. The molecular formula is C36H49N9O8. The number of Topliss-reactive ketones (excluding diaryl/α,β-unsaturated/α-hetero) is 1. The van der Waals surface area contributed by atoms with Gasteiger partial charge in [0.15, 0.2) is 0 Å². The predicted molar refractivity (Wildman–Crippen MR) is 191 cm³/mol. The number of aromatic nitrogens is 4. The number of nitrogens with two attached hydrogens (primary N) is 1. The minimum absolute atomic E-state index is 0.00427. The summed E-state index contributed by atoms with van der Waals surface area (Å²) in [6.45, 7) is 3.20. The average molecular weight is 736 g/mol. The van der Waals surface area contributed by atoms with E-state index in [4.69, 9.17) is 10.8 Å². The predicted octanol–water partition coefficient (Wildman–Crippen LogP) is 1.87. The number of rotatable bonds is 16. The highest BCUT2D eigenvalue weighted by Gasteiger charge is 2.45. The summed E-state index contributed by atoms with van der Waals surface area (Å²) in [7, 11) is 0. The number of primary amides is 1. The Morgan fingerprint density at radius 3 is 2.45 bits per heavy atom. The normalized spacial score (nSPS) is 19.0. The van der Waals surface area contributed by atoms with E-state index in [0.717, 1.165) is 43.0 Å². The summed E-state index contributed by atoms with van der Waals surface area (Å²) in [5, 5.41) is 36.5. The van der Waals surface area contributed by atoms with Crippen LogP contribution in [0.1, 0.15) is 100 Å². The van der Waals surface area contributed by atoms with E-state index in [1.54, 1.807) is 19.9 Å². The van der Waals surface area contributed by atoms with Crippen LogP contribution in [0.3, 0.4) is 0 Å². The number of fused-ring (bicyclic) bond motifs is 1. The van der Waals surface area contributed by atoms with Crippen LogP contribution in [-0.4, -0.2) is 102 Å². The largest absolute Gasteiger partial charge is 0.465 e. The van der Waals surface area contributed by atoms with Gasteiger partial charge < -0.3 is 41.8 Å². The fraction of sp³-hybridized carbons (Fsp3) is 0.556. The minimum atomic E-state index is -1.36. The van der Waals surface area contributed by atoms with Crippen molar-refractivity contribution >= 4 is 46.4 Å². The monoisotopic (exact) mass is 735 g/mol. The first-order chi connectivity index (χ1) is 25.2. The Bertz CT molecular complexity index is 1780. The third-order valence-electron chi connectivity index (χ3n) is 10.2. The minimum Gasteiger partial charge on any atom is -0.465 e. The molecule has 5 rings (SSSR count). The number of H-pyrrole nitrogens is 1. The summed E-state index contributed by atoms with van der Waals surface area (Å²) in [6, 6.07) is 5.04. The highest BCUT2D eigenvalue weighted by Crippen LogP contribution is 2.33. The Hall–Kier alpha value is -5.32. The van der Waals surface area contributed by atoms with Crippen molar-refractivity contribution in [3.8, 4) is 0 Å². The average Bonchev–Trinajstić information content (AvgIpc) is 3.89. The summed E-state index contributed by atoms with van der Waals surface area (Å²) in [5.74, 6) is -3.80. The second kappa shape index (κ2) is 17.0. The molecule has 1 aliphatic heterocycles. The molecule has 4 atom stereocenters. The molecule has 5 amide bonds. The molecule has 2 unspecified atom stereocenters. The van der Waals surface area contributed by atoms with Crippen LogP contribution in [-0.2, 0) is 24.8 Å². The number of carbonyl (C=O) groups excluding carboxylic acids is 5. The first-order valence-corrected chi connectivity index (χ1v) is 18.2. The smallest absolute Gasteiger partial charge is 0.404 e. The lowest BCUT2D eigenvalue weighted by Gasteiger charge is -2.32. The van der Waals surface area contributed by atoms with Crippen molar-refractivity contribution in [1.29, 1.82) is 0 Å². The van der Waals surface area contributed by atoms with Crippen molar-refractivity contribution < 1.29 is 39.0 Å². The Kier molecular flexibility index (Phi) is 12.5. The number of ketones is 1. The van der Waals surface area contributed by atoms with Gasteiger partial charge in [-0.2, -0.15) is 0 Å². The van der Waals surface area contributed by atoms with Gasteiger partial charge in [-0.15, -0.1) is 5.10 Å². The molecule has 1 saturated heterocycles. The fourth-order valence-corrected chi connectivity index (χ4v) is 7.42. The zero-order valence-electron chi connectivity index (χ0n) is 30.0. The number of nitrogens with one attached hydrogen (secondary N) is 4. The number of hydrogen-bond acceptors (Lipinski definition) is 9. The van der Waals surface area contributed by atoms with Crippen LogP contribution in [0.25, 0.3) is 10.9 Å². The van der Waals surface area contributed by atoms with E-state index >= 15 is 0 Å². The maximum absolute atomic E-state index is 14.7. The van der Waals surface area contributed by atoms with E-state index in [2.05, 4.69) is 31.2 Å². The Labute approximate surface area is 306 Å². The molecule has 1 aromatic carbocycles. The lowest BCUT2D eigenvalue weighted by molar-refractivity contribution is -0.142. The summed E-state index contributed by atoms with van der Waals surface area (Å²) in [5.41, 5.74) is 5.37. The quantitative estimate of drug-likeness (QED) is 0.0830. The zero-order chi connectivity index (χ0) is 38.3. The first-order valence-electron chi connectivity index (χ1n) is 18.2. The maximum Gasteiger partial charge on any atom is 0.404 e. The van der Waals surface area contributed by atoms with Crippen LogP contribution in [0.15, 0.2) is 36.5 Å². The van der Waals surface area contributed by atoms with Gasteiger partial charge in [0, 0.05) is 30.4 Å². The Morgan fingerprint density at radius 2 is 1.77 bits per heavy atom. The molecular weight excluding hydrogens is 686 g/mol. The number of hydrogen-bond donors (Lipinski definition) is 7. The van der Waals surface area contributed by atoms with Crippen molar-refractivity contribution in [2.75, 3.05) is 13.1 Å². The van der Waals surface area contributed by atoms with Gasteiger partial charge in [-0.25, -0.2) is 9.48 Å². The molecule has 0 bridgehead atoms. The number of unbranched alkanes of at least 4 members (excludes halogenated alkanes) is 1. The van der Waals surface area contributed by atoms with Gasteiger partial charge in [0.2, 0.25) is 17.6 Å². The number of benzene rings is 1. The fourth-order valence-electron chi connectivity index (χ4n) is 7.42. The SMILES string of the molecule is CC(C)(O)c1cnnn1[C@H]1C[C@@H](C(=O)NC(CCCCNC(=O)O)C(=O)C(N)=O)N(C(=O)C(CC2CCCCC2)NC(=O)c2cc3ccccc3[nH]2)C1. The van der Waals surface area contributed by atoms with E-state index in [1.165, 1.54) is 15.8 Å². The number of nitrogens with zero attached hydrogens (tertiary/aromatic N) is 4. The molecule has 2 aliphatic rings. The van der Waals surface area contributed by atoms with E-state index < -0.39 is 65.3 Å². The number of likely N-dealkylation sites (tertiary alicyclic amines) is 1. The molecule has 17 heteroatoms. The first kappa shape index (κ1) is 38.9. The Morgan fingerprint density at radius 1 is 1.04 bits per heavy atom. The van der Waals surface area contributed by atoms with E-state index in [-0.39, 0.29) is 44.0 Å². The third-order valence-corrected chi connectivity index (χ3v) is 10.2. The van der Waals surface area contributed by atoms with Crippen LogP contribution in [0.2, 0.25) is 0 Å². The number of aromatic amines is 1.